The Bertz CT molecular complexity index is 211. The van der Waals surface area contributed by atoms with Gasteiger partial charge in [-0.3, -0.25) is 0 Å². The van der Waals surface area contributed by atoms with Gasteiger partial charge in [0, 0.05) is 0 Å². The number of hydrogen-bond donors (Lipinski definition) is 2. The van der Waals surface area contributed by atoms with Crippen LogP contribution in [0.25, 0.3) is 0 Å². The van der Waals surface area contributed by atoms with Crippen LogP contribution in [0.5, 0.6) is 0 Å². The molecule has 1 fully saturated rings. The molecular formula is C14H28O2. The van der Waals surface area contributed by atoms with Gasteiger partial charge in [-0.25, -0.2) is 0 Å². The molecule has 0 radical (unpaired) electrons. The van der Waals surface area contributed by atoms with Crippen molar-refractivity contribution < 1.29 is 10.2 Å². The summed E-state index contributed by atoms with van der Waals surface area (Å²) < 4.78 is 0. The molecule has 4 unspecified atom stereocenters. The molecule has 2 N–H and O–H groups in total. The summed E-state index contributed by atoms with van der Waals surface area (Å²) >= 11 is 0. The third-order valence-corrected chi connectivity index (χ3v) is 4.86. The lowest BCUT2D eigenvalue weighted by Gasteiger charge is -2.41. The van der Waals surface area contributed by atoms with Crippen molar-refractivity contribution in [3.63, 3.8) is 0 Å². The van der Waals surface area contributed by atoms with Crippen molar-refractivity contribution in [2.75, 3.05) is 0 Å². The van der Waals surface area contributed by atoms with E-state index in [9.17, 15) is 10.2 Å². The first-order valence-electron chi connectivity index (χ1n) is 6.85. The monoisotopic (exact) mass is 228 g/mol. The molecular weight excluding hydrogens is 200 g/mol. The molecule has 0 bridgehead atoms. The van der Waals surface area contributed by atoms with Crippen molar-refractivity contribution >= 4 is 0 Å². The minimum Gasteiger partial charge on any atom is -0.390 e. The van der Waals surface area contributed by atoms with E-state index in [1.807, 2.05) is 13.8 Å². The van der Waals surface area contributed by atoms with Crippen LogP contribution in [0.15, 0.2) is 0 Å². The predicted octanol–water partition coefficient (Wildman–Crippen LogP) is 2.97. The topological polar surface area (TPSA) is 40.5 Å². The highest BCUT2D eigenvalue weighted by Gasteiger charge is 2.39. The minimum absolute atomic E-state index is 0.288. The number of aliphatic hydroxyl groups excluding tert-OH is 1. The molecule has 0 aromatic carbocycles. The Balaban J connectivity index is 2.64. The highest BCUT2D eigenvalue weighted by atomic mass is 16.3. The molecule has 0 amide bonds. The summed E-state index contributed by atoms with van der Waals surface area (Å²) in [6, 6.07) is 0. The smallest absolute Gasteiger partial charge is 0.0902 e. The average molecular weight is 228 g/mol. The molecule has 0 aliphatic heterocycles. The third-order valence-electron chi connectivity index (χ3n) is 4.86. The maximum absolute atomic E-state index is 10.4. The second-order valence-corrected chi connectivity index (χ2v) is 5.78. The van der Waals surface area contributed by atoms with Crippen LogP contribution in [0.2, 0.25) is 0 Å². The summed E-state index contributed by atoms with van der Waals surface area (Å²) in [5, 5.41) is 20.7. The molecule has 2 heteroatoms. The van der Waals surface area contributed by atoms with E-state index in [1.54, 1.807) is 0 Å². The van der Waals surface area contributed by atoms with Gasteiger partial charge in [0.1, 0.15) is 0 Å². The van der Waals surface area contributed by atoms with Crippen LogP contribution in [0.3, 0.4) is 0 Å². The summed E-state index contributed by atoms with van der Waals surface area (Å²) in [5.74, 6) is 1.72. The first kappa shape index (κ1) is 14.0. The van der Waals surface area contributed by atoms with Crippen LogP contribution in [-0.4, -0.2) is 21.9 Å². The van der Waals surface area contributed by atoms with Gasteiger partial charge in [0.05, 0.1) is 11.7 Å². The van der Waals surface area contributed by atoms with Crippen LogP contribution >= 0.6 is 0 Å². The quantitative estimate of drug-likeness (QED) is 0.776. The normalized spacial score (nSPS) is 33.8. The standard InChI is InChI=1S/C14H28O2/c1-5-14(16,6-2)13(15)12-8-7-10(3)11(4)9-12/h10-13,15-16H,5-9H2,1-4H3. The Hall–Kier alpha value is -0.0800. The van der Waals surface area contributed by atoms with Gasteiger partial charge in [-0.05, 0) is 43.4 Å². The van der Waals surface area contributed by atoms with Crippen LogP contribution in [0.4, 0.5) is 0 Å². The first-order valence-corrected chi connectivity index (χ1v) is 6.85. The highest BCUT2D eigenvalue weighted by Crippen LogP contribution is 2.38. The Morgan fingerprint density at radius 2 is 1.69 bits per heavy atom. The molecule has 0 saturated heterocycles. The van der Waals surface area contributed by atoms with Crippen LogP contribution in [0, 0.1) is 17.8 Å². The Labute approximate surface area is 100 Å². The minimum atomic E-state index is -0.870. The van der Waals surface area contributed by atoms with Crippen molar-refractivity contribution in [2.24, 2.45) is 17.8 Å². The molecule has 0 aromatic rings. The van der Waals surface area contributed by atoms with Gasteiger partial charge in [0.15, 0.2) is 0 Å². The average Bonchev–Trinajstić information content (AvgIpc) is 2.30. The molecule has 2 nitrogen and oxygen atoms in total. The number of rotatable bonds is 4. The van der Waals surface area contributed by atoms with Gasteiger partial charge >= 0.3 is 0 Å². The fourth-order valence-electron chi connectivity index (χ4n) is 2.98. The Kier molecular flexibility index (Phi) is 4.81. The SMILES string of the molecule is CCC(O)(CC)C(O)C1CCC(C)C(C)C1. The summed E-state index contributed by atoms with van der Waals surface area (Å²) in [6.07, 6.45) is 4.06. The second kappa shape index (κ2) is 5.50. The molecule has 4 atom stereocenters. The maximum atomic E-state index is 10.4. The van der Waals surface area contributed by atoms with E-state index in [4.69, 9.17) is 0 Å². The summed E-state index contributed by atoms with van der Waals surface area (Å²) in [5.41, 5.74) is -0.870. The summed E-state index contributed by atoms with van der Waals surface area (Å²) in [6.45, 7) is 8.47. The van der Waals surface area contributed by atoms with Gasteiger partial charge in [-0.2, -0.15) is 0 Å². The number of aliphatic hydroxyl groups is 2. The lowest BCUT2D eigenvalue weighted by atomic mass is 9.70. The van der Waals surface area contributed by atoms with Gasteiger partial charge in [-0.15, -0.1) is 0 Å². The zero-order valence-corrected chi connectivity index (χ0v) is 11.2. The summed E-state index contributed by atoms with van der Waals surface area (Å²) in [7, 11) is 0. The van der Waals surface area contributed by atoms with Gasteiger partial charge in [0.2, 0.25) is 0 Å². The van der Waals surface area contributed by atoms with Crippen LogP contribution < -0.4 is 0 Å². The molecule has 96 valence electrons. The van der Waals surface area contributed by atoms with E-state index < -0.39 is 11.7 Å². The van der Waals surface area contributed by atoms with Gasteiger partial charge in [-0.1, -0.05) is 34.1 Å². The van der Waals surface area contributed by atoms with E-state index in [-0.39, 0.29) is 5.92 Å². The molecule has 16 heavy (non-hydrogen) atoms. The molecule has 0 aromatic heterocycles. The first-order chi connectivity index (χ1) is 7.44. The van der Waals surface area contributed by atoms with Crippen molar-refractivity contribution in [1.82, 2.24) is 0 Å². The van der Waals surface area contributed by atoms with Gasteiger partial charge < -0.3 is 10.2 Å². The molecule has 0 heterocycles. The predicted molar refractivity (Wildman–Crippen MR) is 67.2 cm³/mol. The van der Waals surface area contributed by atoms with Crippen LogP contribution in [-0.2, 0) is 0 Å². The molecule has 0 spiro atoms. The fraction of sp³-hybridized carbons (Fsp3) is 1.00. The van der Waals surface area contributed by atoms with E-state index in [0.717, 1.165) is 18.8 Å². The summed E-state index contributed by atoms with van der Waals surface area (Å²) in [4.78, 5) is 0. The molecule has 1 saturated carbocycles. The van der Waals surface area contributed by atoms with Crippen molar-refractivity contribution in [3.8, 4) is 0 Å². The third kappa shape index (κ3) is 2.78. The Morgan fingerprint density at radius 1 is 1.12 bits per heavy atom. The zero-order valence-electron chi connectivity index (χ0n) is 11.2. The highest BCUT2D eigenvalue weighted by molar-refractivity contribution is 4.91. The molecule has 1 aliphatic carbocycles. The van der Waals surface area contributed by atoms with Gasteiger partial charge in [0.25, 0.3) is 0 Å². The second-order valence-electron chi connectivity index (χ2n) is 5.78. The Morgan fingerprint density at radius 3 is 2.12 bits per heavy atom. The lowest BCUT2D eigenvalue weighted by Crippen LogP contribution is -2.47. The van der Waals surface area contributed by atoms with Crippen LogP contribution in [0.1, 0.15) is 59.8 Å². The van der Waals surface area contributed by atoms with E-state index >= 15 is 0 Å². The maximum Gasteiger partial charge on any atom is 0.0902 e. The lowest BCUT2D eigenvalue weighted by molar-refractivity contribution is -0.116. The fourth-order valence-corrected chi connectivity index (χ4v) is 2.98. The number of hydrogen-bond acceptors (Lipinski definition) is 2. The van der Waals surface area contributed by atoms with Crippen molar-refractivity contribution in [2.45, 2.75) is 71.5 Å². The van der Waals surface area contributed by atoms with E-state index in [2.05, 4.69) is 13.8 Å². The van der Waals surface area contributed by atoms with E-state index in [1.165, 1.54) is 6.42 Å². The largest absolute Gasteiger partial charge is 0.390 e. The van der Waals surface area contributed by atoms with Crippen molar-refractivity contribution in [1.29, 1.82) is 0 Å². The molecule has 1 rings (SSSR count). The van der Waals surface area contributed by atoms with E-state index in [0.29, 0.717) is 18.8 Å². The molecule has 1 aliphatic rings. The zero-order chi connectivity index (χ0) is 12.3. The van der Waals surface area contributed by atoms with Crippen molar-refractivity contribution in [3.05, 3.63) is 0 Å².